The number of nitrogens with one attached hydrogen (secondary N) is 2. The van der Waals surface area contributed by atoms with Crippen LogP contribution < -0.4 is 20.6 Å². The Bertz CT molecular complexity index is 6360. The van der Waals surface area contributed by atoms with Gasteiger partial charge in [-0.3, -0.25) is 0 Å². The minimum absolute atomic E-state index is 0.406. The number of aryl methyl sites for hydroxylation is 8. The second-order valence-corrected chi connectivity index (χ2v) is 38.4. The Morgan fingerprint density at radius 1 is 0.323 bits per heavy atom. The molecule has 0 aliphatic rings. The predicted molar refractivity (Wildman–Crippen MR) is 563 cm³/mol. The highest BCUT2D eigenvalue weighted by Crippen LogP contribution is 2.45. The Hall–Kier alpha value is -11.3. The number of hydrogen-bond acceptors (Lipinski definition) is 6. The van der Waals surface area contributed by atoms with Crippen LogP contribution >= 0.6 is 38.5 Å². The Balaban J connectivity index is 0.000000185. The SMILES string of the molecule is Brc1cccc(I)c1.CCCCCCCCc1cccc(N)c1.CCCCCCCCc1cccc(Nc2ccc(-c3ccc4c(-c5c(C)ccc6cc(-c7ccc(Nc8cccc(CCCCCCCC)c8)cc7)ccc56)c(C)ccc4c3)cc2)c1.Cc1ccc(-c2ccc3c(-c4c(C)ccc5cc(-c6ccc(OS(=O)(=O)C(F)(F)F)cc6)ccc45)c(C)ccc3c2)cc1. The first-order valence-electron chi connectivity index (χ1n) is 46.5. The van der Waals surface area contributed by atoms with Gasteiger partial charge in [0.2, 0.25) is 0 Å². The van der Waals surface area contributed by atoms with E-state index >= 15 is 0 Å². The molecule has 0 aliphatic carbocycles. The van der Waals surface area contributed by atoms with Crippen molar-refractivity contribution in [3.05, 3.63) is 368 Å². The van der Waals surface area contributed by atoms with Crippen molar-refractivity contribution < 1.29 is 25.8 Å². The van der Waals surface area contributed by atoms with Crippen molar-refractivity contribution in [1.82, 2.24) is 0 Å². The number of fused-ring (bicyclic) bond motifs is 4. The number of hydrogen-bond donors (Lipinski definition) is 3. The van der Waals surface area contributed by atoms with E-state index in [4.69, 9.17) is 5.73 Å². The summed E-state index contributed by atoms with van der Waals surface area (Å²) in [5.74, 6) is -0.406. The molecule has 0 radical (unpaired) electrons. The third-order valence-electron chi connectivity index (χ3n) is 24.5. The van der Waals surface area contributed by atoms with Gasteiger partial charge in [0.1, 0.15) is 5.75 Å². The van der Waals surface area contributed by atoms with E-state index in [1.54, 1.807) is 0 Å². The van der Waals surface area contributed by atoms with Crippen LogP contribution in [0.2, 0.25) is 0 Å². The maximum atomic E-state index is 12.7. The van der Waals surface area contributed by atoms with Crippen LogP contribution in [0.25, 0.3) is 110 Å². The molecule has 0 spiro atoms. The Morgan fingerprint density at radius 2 is 0.631 bits per heavy atom. The highest BCUT2D eigenvalue weighted by atomic mass is 127. The summed E-state index contributed by atoms with van der Waals surface area (Å²) in [5, 5.41) is 16.8. The van der Waals surface area contributed by atoms with E-state index in [0.717, 1.165) is 84.2 Å². The third kappa shape index (κ3) is 26.5. The van der Waals surface area contributed by atoms with Gasteiger partial charge in [-0.15, -0.1) is 0 Å². The van der Waals surface area contributed by atoms with E-state index < -0.39 is 21.4 Å². The fraction of sp³-hybridized carbons (Fsp3) is 0.254. The largest absolute Gasteiger partial charge is 0.534 e. The van der Waals surface area contributed by atoms with Crippen LogP contribution in [0.4, 0.5) is 41.6 Å². The quantitative estimate of drug-likeness (QED) is 0.0125. The average molecular weight is 1930 g/mol. The molecular weight excluding hydrogens is 1800 g/mol. The van der Waals surface area contributed by atoms with Crippen molar-refractivity contribution in [2.45, 2.75) is 196 Å². The molecule has 0 aromatic heterocycles. The first-order valence-corrected chi connectivity index (χ1v) is 49.8. The van der Waals surface area contributed by atoms with Gasteiger partial charge in [0, 0.05) is 36.5 Å². The van der Waals surface area contributed by atoms with Crippen molar-refractivity contribution in [2.24, 2.45) is 0 Å². The average Bonchev–Trinajstić information content (AvgIpc) is 0.752. The zero-order valence-electron chi connectivity index (χ0n) is 76.5. The first-order chi connectivity index (χ1) is 63.0. The van der Waals surface area contributed by atoms with Gasteiger partial charge >= 0.3 is 15.6 Å². The Labute approximate surface area is 792 Å². The lowest BCUT2D eigenvalue weighted by molar-refractivity contribution is -0.0500. The molecule has 668 valence electrons. The molecule has 0 amide bonds. The molecule has 0 heterocycles. The smallest absolute Gasteiger partial charge is 0.399 e. The summed E-state index contributed by atoms with van der Waals surface area (Å²) in [6.45, 7) is 17.6. The zero-order valence-corrected chi connectivity index (χ0v) is 81.0. The molecule has 12 heteroatoms. The standard InChI is InChI=1S/C62H68N2.C36H27F3O3S.C14H23N.C6H4BrI/c1-5-7-9-11-13-15-19-47-21-17-23-57(41-47)63-55-35-29-49(30-36-55)51-33-39-59-53(43-51)27-25-45(3)61(59)62-46(4)26-28-54-44-52(34-40-60(54)62)50-31-37-56(38-32-50)64-58-24-18-22-48(42-58)20-16-14-12-10-8-6-2;1-22-4-8-25(9-5-22)27-14-18-32-29(20-27)10-6-23(2)34(32)35-24(3)7-11-30-21-28(15-19-33(30)35)26-12-16-31(17-13-26)42-43(40,41)36(37,38)39;1-2-3-4-5-6-7-9-13-10-8-11-14(15)12-13;7-5-2-1-3-6(8)4-5/h17-18,21-44,63-64H,5-16,19-20H2,1-4H3;4-21H,1-3H3;8,10-12H,2-7,9,15H2,1H3;1-4H. The number of anilines is 5. The van der Waals surface area contributed by atoms with Gasteiger partial charge in [-0.05, 0) is 360 Å². The van der Waals surface area contributed by atoms with Crippen molar-refractivity contribution >= 4 is 120 Å². The van der Waals surface area contributed by atoms with Gasteiger partial charge in [0.05, 0.1) is 0 Å². The van der Waals surface area contributed by atoms with E-state index in [1.807, 2.05) is 36.4 Å². The van der Waals surface area contributed by atoms with Crippen LogP contribution in [-0.4, -0.2) is 13.9 Å². The third-order valence-corrected chi connectivity index (χ3v) is 26.7. The van der Waals surface area contributed by atoms with E-state index in [2.05, 4.69) is 364 Å². The normalized spacial score (nSPS) is 11.4. The summed E-state index contributed by atoms with van der Waals surface area (Å²) in [4.78, 5) is 0. The van der Waals surface area contributed by atoms with Crippen LogP contribution in [0, 0.1) is 38.2 Å². The van der Waals surface area contributed by atoms with E-state index in [0.29, 0.717) is 5.56 Å². The van der Waals surface area contributed by atoms with Crippen molar-refractivity contribution in [3.63, 3.8) is 0 Å². The van der Waals surface area contributed by atoms with Crippen LogP contribution in [0.5, 0.6) is 5.75 Å². The number of alkyl halides is 3. The molecule has 130 heavy (non-hydrogen) atoms. The highest BCUT2D eigenvalue weighted by Gasteiger charge is 2.48. The van der Waals surface area contributed by atoms with Crippen LogP contribution in [0.15, 0.2) is 320 Å². The van der Waals surface area contributed by atoms with E-state index in [-0.39, 0.29) is 0 Å². The van der Waals surface area contributed by atoms with Crippen LogP contribution in [0.1, 0.15) is 181 Å². The Kier molecular flexibility index (Phi) is 34.8. The second kappa shape index (κ2) is 47.0. The number of halogens is 5. The zero-order chi connectivity index (χ0) is 91.5. The lowest BCUT2D eigenvalue weighted by atomic mass is 9.86. The lowest BCUT2D eigenvalue weighted by Crippen LogP contribution is -2.28. The van der Waals surface area contributed by atoms with E-state index in [9.17, 15) is 21.6 Å². The lowest BCUT2D eigenvalue weighted by Gasteiger charge is -2.17. The molecule has 6 nitrogen and oxygen atoms in total. The molecule has 0 fully saturated rings. The molecule has 0 atom stereocenters. The fourth-order valence-electron chi connectivity index (χ4n) is 17.4. The molecule has 4 N–H and O–H groups in total. The molecule has 16 aromatic rings. The van der Waals surface area contributed by atoms with Gasteiger partial charge in [-0.25, -0.2) is 0 Å². The van der Waals surface area contributed by atoms with Crippen molar-refractivity contribution in [2.75, 3.05) is 16.4 Å². The topological polar surface area (TPSA) is 93.4 Å². The molecular formula is C118H122BrF3IN3O3S. The van der Waals surface area contributed by atoms with Gasteiger partial charge in [-0.1, -0.05) is 339 Å². The van der Waals surface area contributed by atoms with Crippen LogP contribution in [-0.2, 0) is 29.4 Å². The highest BCUT2D eigenvalue weighted by molar-refractivity contribution is 14.1. The van der Waals surface area contributed by atoms with E-state index in [1.165, 1.54) is 260 Å². The molecule has 0 bridgehead atoms. The van der Waals surface area contributed by atoms with Gasteiger partial charge < -0.3 is 20.6 Å². The number of rotatable bonds is 33. The summed E-state index contributed by atoms with van der Waals surface area (Å²) >= 11 is 5.63. The van der Waals surface area contributed by atoms with Gasteiger partial charge in [0.15, 0.2) is 0 Å². The summed E-state index contributed by atoms with van der Waals surface area (Å²) in [6, 6.07) is 110. The van der Waals surface area contributed by atoms with Crippen LogP contribution in [0.3, 0.4) is 0 Å². The minimum Gasteiger partial charge on any atom is -0.399 e. The summed E-state index contributed by atoms with van der Waals surface area (Å²) in [5.41, 5.74) is 29.7. The number of nitrogens with two attached hydrogens (primary N) is 1. The first kappa shape index (κ1) is 96.3. The molecule has 0 saturated carbocycles. The van der Waals surface area contributed by atoms with Gasteiger partial charge in [0.25, 0.3) is 0 Å². The maximum absolute atomic E-state index is 12.7. The molecule has 16 aromatic carbocycles. The van der Waals surface area contributed by atoms with Crippen molar-refractivity contribution in [3.8, 4) is 72.5 Å². The summed E-state index contributed by atoms with van der Waals surface area (Å²) in [7, 11) is -5.73. The predicted octanol–water partition coefficient (Wildman–Crippen LogP) is 36.3. The summed E-state index contributed by atoms with van der Waals surface area (Å²) < 4.78 is 67.4. The minimum atomic E-state index is -5.73. The fourth-order valence-corrected chi connectivity index (χ4v) is 19.2. The summed E-state index contributed by atoms with van der Waals surface area (Å²) in [6.07, 6.45) is 27.6. The number of nitrogen functional groups attached to an aromatic ring is 1. The maximum Gasteiger partial charge on any atom is 0.534 e. The molecule has 0 unspecified atom stereocenters. The number of benzene rings is 16. The number of unbranched alkanes of at least 4 members (excludes halogenated alkanes) is 15. The molecule has 16 rings (SSSR count). The monoisotopic (exact) mass is 1920 g/mol. The van der Waals surface area contributed by atoms with Gasteiger partial charge in [-0.2, -0.15) is 21.6 Å². The van der Waals surface area contributed by atoms with Crippen molar-refractivity contribution in [1.29, 1.82) is 0 Å². The second-order valence-electron chi connectivity index (χ2n) is 34.7. The Morgan fingerprint density at radius 3 is 0.954 bits per heavy atom. The molecule has 0 aliphatic heterocycles. The molecule has 0 saturated heterocycles.